The molecule has 10 nitrogen and oxygen atoms in total. The Morgan fingerprint density at radius 2 is 1.84 bits per heavy atom. The van der Waals surface area contributed by atoms with Gasteiger partial charge in [0.05, 0.1) is 11.9 Å². The number of hydrogen-bond acceptors (Lipinski definition) is 9. The summed E-state index contributed by atoms with van der Waals surface area (Å²) in [6.45, 7) is 5.34. The Balaban J connectivity index is 1.67. The van der Waals surface area contributed by atoms with Crippen LogP contribution in [0.3, 0.4) is 0 Å². The quantitative estimate of drug-likeness (QED) is 0.309. The first-order valence-electron chi connectivity index (χ1n) is 12.8. The fourth-order valence-corrected chi connectivity index (χ4v) is 4.34. The Kier molecular flexibility index (Phi) is 8.73. The Hall–Kier alpha value is -4.21. The van der Waals surface area contributed by atoms with Crippen LogP contribution < -0.4 is 10.9 Å². The third kappa shape index (κ3) is 6.37. The number of carbonyl (C=O) groups excluding carboxylic acids is 2. The van der Waals surface area contributed by atoms with Gasteiger partial charge in [0.15, 0.2) is 0 Å². The molecular formula is C28H32N4O6. The fraction of sp³-hybridized carbons (Fsp3) is 0.393. The van der Waals surface area contributed by atoms with E-state index in [1.54, 1.807) is 49.6 Å². The summed E-state index contributed by atoms with van der Waals surface area (Å²) in [6, 6.07) is 10.8. The van der Waals surface area contributed by atoms with Crippen molar-refractivity contribution in [2.24, 2.45) is 0 Å². The summed E-state index contributed by atoms with van der Waals surface area (Å²) in [7, 11) is 0. The molecule has 4 rings (SSSR count). The van der Waals surface area contributed by atoms with Crippen LogP contribution in [0.4, 0.5) is 16.2 Å². The van der Waals surface area contributed by atoms with Gasteiger partial charge in [-0.1, -0.05) is 36.8 Å². The highest BCUT2D eigenvalue weighted by atomic mass is 16.8. The van der Waals surface area contributed by atoms with Crippen LogP contribution in [-0.4, -0.2) is 39.3 Å². The lowest BCUT2D eigenvalue weighted by molar-refractivity contribution is -0.0914. The number of benzene rings is 1. The zero-order chi connectivity index (χ0) is 27.1. The van der Waals surface area contributed by atoms with Crippen LogP contribution >= 0.6 is 0 Å². The molecule has 2 heterocycles. The predicted molar refractivity (Wildman–Crippen MR) is 141 cm³/mol. The third-order valence-electron chi connectivity index (χ3n) is 6.36. The summed E-state index contributed by atoms with van der Waals surface area (Å²) in [6.07, 6.45) is 5.51. The van der Waals surface area contributed by atoms with Crippen LogP contribution in [0.1, 0.15) is 61.9 Å². The van der Waals surface area contributed by atoms with Gasteiger partial charge in [-0.25, -0.2) is 14.3 Å². The molecule has 1 unspecified atom stereocenters. The first-order chi connectivity index (χ1) is 18.4. The van der Waals surface area contributed by atoms with Gasteiger partial charge in [-0.15, -0.1) is 0 Å². The zero-order valence-electron chi connectivity index (χ0n) is 21.8. The minimum atomic E-state index is -1.26. The standard InChI is InChI=1S/C28H32N4O6/c1-4-32-26(33)25(30-22-17-29-16-15-18(22)2)23(24(31-32)20-11-7-5-8-12-20)27(34)36-19(3)37-28(35)38-21-13-9-6-10-14-21/h5,7-8,11-12,15-17,19,21,30H,4,6,9-10,13-14H2,1-3H3. The average Bonchev–Trinajstić information content (AvgIpc) is 2.91. The van der Waals surface area contributed by atoms with E-state index >= 15 is 0 Å². The normalized spacial score (nSPS) is 14.4. The van der Waals surface area contributed by atoms with E-state index in [4.69, 9.17) is 14.2 Å². The van der Waals surface area contributed by atoms with Crippen molar-refractivity contribution in [3.05, 3.63) is 70.3 Å². The van der Waals surface area contributed by atoms with Crippen LogP contribution in [0, 0.1) is 6.92 Å². The summed E-state index contributed by atoms with van der Waals surface area (Å²) in [4.78, 5) is 43.4. The molecule has 200 valence electrons. The number of pyridine rings is 1. The van der Waals surface area contributed by atoms with E-state index in [1.165, 1.54) is 11.6 Å². The Labute approximate surface area is 220 Å². The minimum Gasteiger partial charge on any atom is -0.431 e. The first kappa shape index (κ1) is 26.8. The molecule has 1 atom stereocenters. The Morgan fingerprint density at radius 3 is 2.53 bits per heavy atom. The van der Waals surface area contributed by atoms with Gasteiger partial charge < -0.3 is 19.5 Å². The molecule has 1 N–H and O–H groups in total. The average molecular weight is 521 g/mol. The molecule has 0 bridgehead atoms. The summed E-state index contributed by atoms with van der Waals surface area (Å²) in [5.74, 6) is -0.876. The van der Waals surface area contributed by atoms with Gasteiger partial charge in [-0.05, 0) is 51.2 Å². The molecule has 2 aromatic heterocycles. The lowest BCUT2D eigenvalue weighted by atomic mass is 9.98. The topological polar surface area (TPSA) is 122 Å². The lowest BCUT2D eigenvalue weighted by Crippen LogP contribution is -2.31. The minimum absolute atomic E-state index is 0.0150. The van der Waals surface area contributed by atoms with Gasteiger partial charge in [0.25, 0.3) is 5.56 Å². The largest absolute Gasteiger partial charge is 0.511 e. The van der Waals surface area contributed by atoms with E-state index in [-0.39, 0.29) is 29.6 Å². The van der Waals surface area contributed by atoms with Crippen LogP contribution in [0.15, 0.2) is 53.6 Å². The molecule has 0 saturated heterocycles. The van der Waals surface area contributed by atoms with Crippen molar-refractivity contribution in [3.63, 3.8) is 0 Å². The monoisotopic (exact) mass is 520 g/mol. The lowest BCUT2D eigenvalue weighted by Gasteiger charge is -2.23. The maximum atomic E-state index is 13.6. The number of carbonyl (C=O) groups is 2. The SMILES string of the molecule is CCn1nc(-c2ccccc2)c(C(=O)OC(C)OC(=O)OC2CCCCC2)c(Nc2cnccc2C)c1=O. The Bertz CT molecular complexity index is 1330. The van der Waals surface area contributed by atoms with E-state index in [1.807, 2.05) is 13.0 Å². The van der Waals surface area contributed by atoms with Gasteiger partial charge in [-0.3, -0.25) is 9.78 Å². The molecule has 1 aliphatic carbocycles. The molecular weight excluding hydrogens is 488 g/mol. The van der Waals surface area contributed by atoms with E-state index in [2.05, 4.69) is 15.4 Å². The number of aromatic nitrogens is 3. The van der Waals surface area contributed by atoms with E-state index < -0.39 is 24.0 Å². The number of hydrogen-bond donors (Lipinski definition) is 1. The number of esters is 1. The highest BCUT2D eigenvalue weighted by Gasteiger charge is 2.28. The molecule has 0 radical (unpaired) electrons. The maximum Gasteiger partial charge on any atom is 0.511 e. The zero-order valence-corrected chi connectivity index (χ0v) is 21.8. The smallest absolute Gasteiger partial charge is 0.431 e. The summed E-state index contributed by atoms with van der Waals surface area (Å²) < 4.78 is 17.3. The number of rotatable bonds is 8. The molecule has 1 saturated carbocycles. The first-order valence-corrected chi connectivity index (χ1v) is 12.8. The maximum absolute atomic E-state index is 13.6. The van der Waals surface area contributed by atoms with Crippen molar-refractivity contribution in [1.29, 1.82) is 0 Å². The molecule has 1 aromatic carbocycles. The van der Waals surface area contributed by atoms with E-state index in [0.29, 0.717) is 11.3 Å². The van der Waals surface area contributed by atoms with Crippen molar-refractivity contribution < 1.29 is 23.8 Å². The molecule has 1 fully saturated rings. The number of aryl methyl sites for hydroxylation is 2. The second-order valence-corrected chi connectivity index (χ2v) is 9.12. The van der Waals surface area contributed by atoms with Crippen molar-refractivity contribution in [2.75, 3.05) is 5.32 Å². The highest BCUT2D eigenvalue weighted by Crippen LogP contribution is 2.29. The summed E-state index contributed by atoms with van der Waals surface area (Å²) in [5.41, 5.74) is 1.63. The van der Waals surface area contributed by atoms with Crippen LogP contribution in [0.5, 0.6) is 0 Å². The van der Waals surface area contributed by atoms with Crippen molar-refractivity contribution in [2.45, 2.75) is 71.8 Å². The second kappa shape index (κ2) is 12.4. The Morgan fingerprint density at radius 1 is 1.11 bits per heavy atom. The molecule has 0 aliphatic heterocycles. The fourth-order valence-electron chi connectivity index (χ4n) is 4.34. The summed E-state index contributed by atoms with van der Waals surface area (Å²) >= 11 is 0. The third-order valence-corrected chi connectivity index (χ3v) is 6.36. The second-order valence-electron chi connectivity index (χ2n) is 9.12. The highest BCUT2D eigenvalue weighted by molar-refractivity contribution is 6.02. The van der Waals surface area contributed by atoms with E-state index in [9.17, 15) is 14.4 Å². The predicted octanol–water partition coefficient (Wildman–Crippen LogP) is 5.37. The molecule has 3 aromatic rings. The van der Waals surface area contributed by atoms with Crippen LogP contribution in [-0.2, 0) is 20.8 Å². The van der Waals surface area contributed by atoms with Gasteiger partial charge in [0.2, 0.25) is 6.29 Å². The van der Waals surface area contributed by atoms with Gasteiger partial charge in [-0.2, -0.15) is 5.10 Å². The molecule has 1 aliphatic rings. The van der Waals surface area contributed by atoms with Gasteiger partial charge in [0.1, 0.15) is 23.0 Å². The molecule has 10 heteroatoms. The van der Waals surface area contributed by atoms with Crippen molar-refractivity contribution in [3.8, 4) is 11.3 Å². The van der Waals surface area contributed by atoms with E-state index in [0.717, 1.165) is 37.7 Å². The van der Waals surface area contributed by atoms with Crippen molar-refractivity contribution in [1.82, 2.24) is 14.8 Å². The van der Waals surface area contributed by atoms with Gasteiger partial charge >= 0.3 is 12.1 Å². The summed E-state index contributed by atoms with van der Waals surface area (Å²) in [5, 5.41) is 7.54. The van der Waals surface area contributed by atoms with Crippen LogP contribution in [0.2, 0.25) is 0 Å². The number of anilines is 2. The van der Waals surface area contributed by atoms with Crippen LogP contribution in [0.25, 0.3) is 11.3 Å². The van der Waals surface area contributed by atoms with Gasteiger partial charge in [0, 0.05) is 25.2 Å². The number of nitrogens with zero attached hydrogens (tertiary/aromatic N) is 3. The molecule has 38 heavy (non-hydrogen) atoms. The number of ether oxygens (including phenoxy) is 3. The number of nitrogens with one attached hydrogen (secondary N) is 1. The van der Waals surface area contributed by atoms with Crippen molar-refractivity contribution >= 4 is 23.5 Å². The molecule has 0 amide bonds. The molecule has 0 spiro atoms.